The van der Waals surface area contributed by atoms with E-state index in [1.54, 1.807) is 12.1 Å². The molecule has 0 radical (unpaired) electrons. The summed E-state index contributed by atoms with van der Waals surface area (Å²) in [5.74, 6) is 1.12. The Balaban J connectivity index is 1.33. The molecule has 1 amide bonds. The van der Waals surface area contributed by atoms with Crippen molar-refractivity contribution in [3.05, 3.63) is 63.2 Å². The number of hydrogen-bond donors (Lipinski definition) is 2. The average Bonchev–Trinajstić information content (AvgIpc) is 3.21. The standard InChI is InChI=1S/C23H25N3O4S/c1-15(9-10-16-6-3-2-4-7-16)24-21(27)8-5-11-26-22(28)17-12-19-20(30-14-29-19)13-18(17)25-23(26)31/h2-4,6-7,12-13,15H,5,8-11,14H2,1H3,(H,24,27)(H,25,31)/t15-/m1/s1. The topological polar surface area (TPSA) is 85.4 Å². The summed E-state index contributed by atoms with van der Waals surface area (Å²) in [5.41, 5.74) is 1.67. The van der Waals surface area contributed by atoms with Gasteiger partial charge in [0.15, 0.2) is 16.3 Å². The van der Waals surface area contributed by atoms with Crippen molar-refractivity contribution < 1.29 is 14.3 Å². The number of carbonyl (C=O) groups is 1. The highest BCUT2D eigenvalue weighted by atomic mass is 32.1. The van der Waals surface area contributed by atoms with Crippen molar-refractivity contribution in [1.29, 1.82) is 0 Å². The van der Waals surface area contributed by atoms with Gasteiger partial charge in [-0.05, 0) is 50.0 Å². The van der Waals surface area contributed by atoms with E-state index in [1.165, 1.54) is 10.1 Å². The molecule has 1 aliphatic rings. The lowest BCUT2D eigenvalue weighted by molar-refractivity contribution is -0.121. The summed E-state index contributed by atoms with van der Waals surface area (Å²) in [6.07, 6.45) is 2.64. The highest BCUT2D eigenvalue weighted by molar-refractivity contribution is 7.71. The molecule has 1 aliphatic heterocycles. The molecule has 0 fully saturated rings. The van der Waals surface area contributed by atoms with Gasteiger partial charge in [-0.15, -0.1) is 0 Å². The van der Waals surface area contributed by atoms with Crippen LogP contribution in [0.1, 0.15) is 31.7 Å². The van der Waals surface area contributed by atoms with E-state index < -0.39 is 0 Å². The molecule has 1 aromatic heterocycles. The second-order valence-corrected chi connectivity index (χ2v) is 8.12. The number of benzene rings is 2. The van der Waals surface area contributed by atoms with Gasteiger partial charge >= 0.3 is 0 Å². The maximum absolute atomic E-state index is 12.9. The monoisotopic (exact) mass is 439 g/mol. The van der Waals surface area contributed by atoms with Crippen LogP contribution in [0.3, 0.4) is 0 Å². The Kier molecular flexibility index (Phi) is 6.36. The lowest BCUT2D eigenvalue weighted by atomic mass is 10.1. The normalized spacial score (nSPS) is 13.3. The second kappa shape index (κ2) is 9.34. The fourth-order valence-corrected chi connectivity index (χ4v) is 3.97. The number of nitrogens with one attached hydrogen (secondary N) is 2. The van der Waals surface area contributed by atoms with Crippen LogP contribution in [-0.2, 0) is 17.8 Å². The number of aryl methyl sites for hydroxylation is 1. The summed E-state index contributed by atoms with van der Waals surface area (Å²) in [6.45, 7) is 2.51. The van der Waals surface area contributed by atoms with Crippen LogP contribution in [0.25, 0.3) is 10.9 Å². The van der Waals surface area contributed by atoms with E-state index in [2.05, 4.69) is 22.4 Å². The first-order valence-electron chi connectivity index (χ1n) is 10.4. The number of aromatic amines is 1. The molecule has 8 heteroatoms. The van der Waals surface area contributed by atoms with E-state index >= 15 is 0 Å². The molecule has 2 aromatic carbocycles. The summed E-state index contributed by atoms with van der Waals surface area (Å²) in [7, 11) is 0. The van der Waals surface area contributed by atoms with Crippen molar-refractivity contribution in [2.45, 2.75) is 45.2 Å². The SMILES string of the molecule is C[C@H](CCc1ccccc1)NC(=O)CCCn1c(=S)[nH]c2cc3c(cc2c1=O)OCO3. The molecular weight excluding hydrogens is 414 g/mol. The first kappa shape index (κ1) is 21.1. The van der Waals surface area contributed by atoms with Gasteiger partial charge in [0.25, 0.3) is 5.56 Å². The molecule has 0 saturated carbocycles. The quantitative estimate of drug-likeness (QED) is 0.523. The zero-order valence-corrected chi connectivity index (χ0v) is 18.2. The maximum Gasteiger partial charge on any atom is 0.262 e. The average molecular weight is 440 g/mol. The molecule has 162 valence electrons. The van der Waals surface area contributed by atoms with Gasteiger partial charge in [-0.3, -0.25) is 14.2 Å². The number of amides is 1. The Morgan fingerprint density at radius 2 is 1.97 bits per heavy atom. The Morgan fingerprint density at radius 1 is 1.23 bits per heavy atom. The summed E-state index contributed by atoms with van der Waals surface area (Å²) in [4.78, 5) is 28.3. The van der Waals surface area contributed by atoms with E-state index in [0.29, 0.717) is 46.6 Å². The molecule has 1 atom stereocenters. The first-order valence-corrected chi connectivity index (χ1v) is 10.8. The van der Waals surface area contributed by atoms with Crippen LogP contribution in [0.4, 0.5) is 0 Å². The van der Waals surface area contributed by atoms with Crippen LogP contribution in [0.2, 0.25) is 0 Å². The second-order valence-electron chi connectivity index (χ2n) is 7.73. The maximum atomic E-state index is 12.9. The number of rotatable bonds is 8. The molecule has 31 heavy (non-hydrogen) atoms. The number of ether oxygens (including phenoxy) is 2. The van der Waals surface area contributed by atoms with E-state index in [1.807, 2.05) is 25.1 Å². The molecule has 7 nitrogen and oxygen atoms in total. The van der Waals surface area contributed by atoms with Gasteiger partial charge in [-0.1, -0.05) is 30.3 Å². The number of hydrogen-bond acceptors (Lipinski definition) is 5. The van der Waals surface area contributed by atoms with Crippen molar-refractivity contribution in [3.8, 4) is 11.5 Å². The first-order chi connectivity index (χ1) is 15.0. The third-order valence-electron chi connectivity index (χ3n) is 5.38. The summed E-state index contributed by atoms with van der Waals surface area (Å²) in [5, 5.41) is 3.52. The minimum absolute atomic E-state index is 0.0207. The fraction of sp³-hybridized carbons (Fsp3) is 0.348. The summed E-state index contributed by atoms with van der Waals surface area (Å²) >= 11 is 5.36. The van der Waals surface area contributed by atoms with Gasteiger partial charge in [-0.25, -0.2) is 0 Å². The Bertz CT molecular complexity index is 1200. The molecule has 2 heterocycles. The smallest absolute Gasteiger partial charge is 0.262 e. The van der Waals surface area contributed by atoms with Crippen LogP contribution >= 0.6 is 12.2 Å². The van der Waals surface area contributed by atoms with Crippen LogP contribution in [0.5, 0.6) is 11.5 Å². The van der Waals surface area contributed by atoms with E-state index in [4.69, 9.17) is 21.7 Å². The highest BCUT2D eigenvalue weighted by Crippen LogP contribution is 2.34. The van der Waals surface area contributed by atoms with Crippen LogP contribution in [0, 0.1) is 4.77 Å². The number of carbonyl (C=O) groups excluding carboxylic acids is 1. The molecule has 4 rings (SSSR count). The molecule has 0 unspecified atom stereocenters. The highest BCUT2D eigenvalue weighted by Gasteiger charge is 2.17. The van der Waals surface area contributed by atoms with Gasteiger partial charge in [0.05, 0.1) is 10.9 Å². The number of aromatic nitrogens is 2. The van der Waals surface area contributed by atoms with Gasteiger partial charge in [0.2, 0.25) is 12.7 Å². The lowest BCUT2D eigenvalue weighted by Crippen LogP contribution is -2.33. The Hall–Kier alpha value is -3.13. The van der Waals surface area contributed by atoms with Gasteiger partial charge < -0.3 is 19.8 Å². The summed E-state index contributed by atoms with van der Waals surface area (Å²) < 4.78 is 12.5. The summed E-state index contributed by atoms with van der Waals surface area (Å²) in [6, 6.07) is 13.7. The molecule has 0 spiro atoms. The Labute approximate surface area is 185 Å². The predicted octanol–water partition coefficient (Wildman–Crippen LogP) is 3.71. The van der Waals surface area contributed by atoms with Gasteiger partial charge in [0.1, 0.15) is 0 Å². The van der Waals surface area contributed by atoms with Gasteiger partial charge in [0, 0.05) is 25.1 Å². The van der Waals surface area contributed by atoms with Crippen LogP contribution in [-0.4, -0.2) is 28.3 Å². The third-order valence-corrected chi connectivity index (χ3v) is 5.70. The van der Waals surface area contributed by atoms with E-state index in [-0.39, 0.29) is 24.3 Å². The van der Waals surface area contributed by atoms with Crippen molar-refractivity contribution in [1.82, 2.24) is 14.9 Å². The number of nitrogens with zero attached hydrogens (tertiary/aromatic N) is 1. The zero-order chi connectivity index (χ0) is 21.8. The van der Waals surface area contributed by atoms with E-state index in [9.17, 15) is 9.59 Å². The van der Waals surface area contributed by atoms with Crippen molar-refractivity contribution >= 4 is 29.0 Å². The van der Waals surface area contributed by atoms with Crippen molar-refractivity contribution in [2.75, 3.05) is 6.79 Å². The van der Waals surface area contributed by atoms with E-state index in [0.717, 1.165) is 12.8 Å². The van der Waals surface area contributed by atoms with Crippen molar-refractivity contribution in [2.24, 2.45) is 0 Å². The van der Waals surface area contributed by atoms with Crippen LogP contribution in [0.15, 0.2) is 47.3 Å². The lowest BCUT2D eigenvalue weighted by Gasteiger charge is -2.14. The minimum Gasteiger partial charge on any atom is -0.454 e. The Morgan fingerprint density at radius 3 is 2.74 bits per heavy atom. The number of fused-ring (bicyclic) bond motifs is 2. The molecular formula is C23H25N3O4S. The molecule has 0 aliphatic carbocycles. The number of H-pyrrole nitrogens is 1. The predicted molar refractivity (Wildman–Crippen MR) is 121 cm³/mol. The largest absolute Gasteiger partial charge is 0.454 e. The van der Waals surface area contributed by atoms with Gasteiger partial charge in [-0.2, -0.15) is 0 Å². The molecule has 2 N–H and O–H groups in total. The van der Waals surface area contributed by atoms with Crippen molar-refractivity contribution in [3.63, 3.8) is 0 Å². The molecule has 0 bridgehead atoms. The molecule has 3 aromatic rings. The fourth-order valence-electron chi connectivity index (χ4n) is 3.69. The third kappa shape index (κ3) is 4.96. The van der Waals surface area contributed by atoms with Crippen LogP contribution < -0.4 is 20.3 Å². The zero-order valence-electron chi connectivity index (χ0n) is 17.3. The molecule has 0 saturated heterocycles. The minimum atomic E-state index is -0.200.